The van der Waals surface area contributed by atoms with E-state index in [2.05, 4.69) is 10.1 Å². The minimum atomic E-state index is -3.00. The number of aromatic nitrogens is 2. The Hall–Kier alpha value is -2.25. The third-order valence-corrected chi connectivity index (χ3v) is 3.42. The van der Waals surface area contributed by atoms with Gasteiger partial charge in [-0.15, -0.1) is 0 Å². The zero-order valence-electron chi connectivity index (χ0n) is 11.5. The van der Waals surface area contributed by atoms with E-state index in [1.165, 1.54) is 6.26 Å². The smallest absolute Gasteiger partial charge is 0.290 e. The first-order chi connectivity index (χ1) is 9.87. The largest absolute Gasteiger partial charge is 0.459 e. The van der Waals surface area contributed by atoms with Crippen LogP contribution in [0.3, 0.4) is 0 Å². The molecule has 112 valence electrons. The summed E-state index contributed by atoms with van der Waals surface area (Å²) in [6.07, 6.45) is 0.808. The Morgan fingerprint density at radius 3 is 2.81 bits per heavy atom. The summed E-state index contributed by atoms with van der Waals surface area (Å²) in [7, 11) is 0. The van der Waals surface area contributed by atoms with Crippen LogP contribution in [0, 0.1) is 13.8 Å². The van der Waals surface area contributed by atoms with Gasteiger partial charge in [0.2, 0.25) is 5.89 Å². The van der Waals surface area contributed by atoms with Crippen molar-refractivity contribution in [2.45, 2.75) is 32.2 Å². The van der Waals surface area contributed by atoms with Crippen LogP contribution in [0.5, 0.6) is 0 Å². The highest BCUT2D eigenvalue weighted by Gasteiger charge is 2.50. The third-order valence-electron chi connectivity index (χ3n) is 3.42. The predicted molar refractivity (Wildman–Crippen MR) is 65.8 cm³/mol. The minimum absolute atomic E-state index is 0.0160. The highest BCUT2D eigenvalue weighted by Crippen LogP contribution is 2.41. The second-order valence-electron chi connectivity index (χ2n) is 5.12. The van der Waals surface area contributed by atoms with Crippen LogP contribution >= 0.6 is 0 Å². The summed E-state index contributed by atoms with van der Waals surface area (Å²) < 4.78 is 37.5. The second kappa shape index (κ2) is 4.64. The maximum atomic E-state index is 13.7. The summed E-state index contributed by atoms with van der Waals surface area (Å²) in [5.41, 5.74) is 0.593. The lowest BCUT2D eigenvalue weighted by Crippen LogP contribution is -2.33. The van der Waals surface area contributed by atoms with Crippen LogP contribution in [0.1, 0.15) is 40.3 Å². The van der Waals surface area contributed by atoms with Crippen LogP contribution in [0.4, 0.5) is 8.78 Å². The van der Waals surface area contributed by atoms with Crippen LogP contribution in [0.25, 0.3) is 0 Å². The molecule has 0 saturated carbocycles. The van der Waals surface area contributed by atoms with Crippen molar-refractivity contribution in [1.82, 2.24) is 15.0 Å². The summed E-state index contributed by atoms with van der Waals surface area (Å²) in [6, 6.07) is 0.658. The zero-order chi connectivity index (χ0) is 15.2. The molecule has 2 aromatic rings. The van der Waals surface area contributed by atoms with Crippen molar-refractivity contribution in [3.05, 3.63) is 35.4 Å². The molecule has 1 amide bonds. The molecule has 1 saturated heterocycles. The molecule has 1 aliphatic heterocycles. The number of likely N-dealkylation sites (tertiary alicyclic amines) is 1. The average Bonchev–Trinajstić information content (AvgIpc) is 3.08. The molecule has 0 aliphatic carbocycles. The van der Waals surface area contributed by atoms with E-state index in [-0.39, 0.29) is 11.7 Å². The van der Waals surface area contributed by atoms with Gasteiger partial charge in [-0.25, -0.2) is 8.78 Å². The van der Waals surface area contributed by atoms with Crippen LogP contribution in [0.2, 0.25) is 0 Å². The molecule has 6 nitrogen and oxygen atoms in total. The molecular weight excluding hydrogens is 284 g/mol. The number of carbonyl (C=O) groups is 1. The van der Waals surface area contributed by atoms with Crippen LogP contribution in [-0.2, 0) is 0 Å². The average molecular weight is 297 g/mol. The van der Waals surface area contributed by atoms with Crippen molar-refractivity contribution < 1.29 is 22.5 Å². The van der Waals surface area contributed by atoms with Crippen molar-refractivity contribution in [1.29, 1.82) is 0 Å². The Morgan fingerprint density at radius 2 is 2.24 bits per heavy atom. The molecular formula is C13H13F2N3O3. The number of hydrogen-bond acceptors (Lipinski definition) is 5. The van der Waals surface area contributed by atoms with Crippen LogP contribution in [-0.4, -0.2) is 33.4 Å². The van der Waals surface area contributed by atoms with Gasteiger partial charge in [-0.05, 0) is 19.9 Å². The molecule has 0 aromatic carbocycles. The fourth-order valence-corrected chi connectivity index (χ4v) is 2.42. The molecule has 0 radical (unpaired) electrons. The van der Waals surface area contributed by atoms with E-state index in [1.54, 1.807) is 19.9 Å². The van der Waals surface area contributed by atoms with Gasteiger partial charge in [-0.3, -0.25) is 4.79 Å². The second-order valence-corrected chi connectivity index (χ2v) is 5.12. The summed E-state index contributed by atoms with van der Waals surface area (Å²) in [5.74, 6) is -3.20. The molecule has 1 aliphatic rings. The first-order valence-corrected chi connectivity index (χ1v) is 6.40. The van der Waals surface area contributed by atoms with E-state index < -0.39 is 30.8 Å². The van der Waals surface area contributed by atoms with Crippen LogP contribution in [0.15, 0.2) is 21.3 Å². The Labute approximate surface area is 118 Å². The summed E-state index contributed by atoms with van der Waals surface area (Å²) >= 11 is 0. The molecule has 0 unspecified atom stereocenters. The maximum absolute atomic E-state index is 13.7. The molecule has 0 bridgehead atoms. The van der Waals surface area contributed by atoms with Gasteiger partial charge in [0.05, 0.1) is 12.8 Å². The lowest BCUT2D eigenvalue weighted by Gasteiger charge is -2.20. The molecule has 3 rings (SSSR count). The number of hydrogen-bond donors (Lipinski definition) is 0. The van der Waals surface area contributed by atoms with E-state index in [0.29, 0.717) is 11.4 Å². The number of halogens is 2. The first kappa shape index (κ1) is 13.7. The first-order valence-electron chi connectivity index (χ1n) is 6.40. The molecule has 21 heavy (non-hydrogen) atoms. The fourth-order valence-electron chi connectivity index (χ4n) is 2.42. The number of rotatable bonds is 2. The van der Waals surface area contributed by atoms with E-state index >= 15 is 0 Å². The van der Waals surface area contributed by atoms with Crippen molar-refractivity contribution >= 4 is 5.91 Å². The van der Waals surface area contributed by atoms with Crippen molar-refractivity contribution in [2.75, 3.05) is 6.54 Å². The van der Waals surface area contributed by atoms with E-state index in [1.807, 2.05) is 0 Å². The number of furan rings is 1. The van der Waals surface area contributed by atoms with Gasteiger partial charge in [-0.1, -0.05) is 5.16 Å². The molecule has 1 fully saturated rings. The summed E-state index contributed by atoms with van der Waals surface area (Å²) in [5, 5.41) is 3.59. The Kier molecular flexibility index (Phi) is 3.03. The molecule has 0 spiro atoms. The van der Waals surface area contributed by atoms with E-state index in [4.69, 9.17) is 8.94 Å². The lowest BCUT2D eigenvalue weighted by molar-refractivity contribution is 0.0113. The van der Waals surface area contributed by atoms with Gasteiger partial charge in [0.15, 0.2) is 11.6 Å². The van der Waals surface area contributed by atoms with Gasteiger partial charge < -0.3 is 13.8 Å². The molecule has 8 heteroatoms. The van der Waals surface area contributed by atoms with Gasteiger partial charge in [0.25, 0.3) is 11.8 Å². The number of carbonyl (C=O) groups excluding carboxylic acids is 1. The number of aryl methyl sites for hydroxylation is 2. The standard InChI is InChI=1S/C13H13F2N3O3/c1-7-3-4-20-10(7)12(19)18-6-13(14,15)5-9(18)11-16-8(2)17-21-11/h3-4,9H,5-6H2,1-2H3/t9-/m0/s1. The SMILES string of the molecule is Cc1noc([C@@H]2CC(F)(F)CN2C(=O)c2occc2C)n1. The molecule has 0 N–H and O–H groups in total. The maximum Gasteiger partial charge on any atom is 0.290 e. The number of amides is 1. The van der Waals surface area contributed by atoms with Crippen molar-refractivity contribution in [3.63, 3.8) is 0 Å². The Balaban J connectivity index is 1.95. The highest BCUT2D eigenvalue weighted by atomic mass is 19.3. The molecule has 3 heterocycles. The van der Waals surface area contributed by atoms with E-state index in [0.717, 1.165) is 4.90 Å². The quantitative estimate of drug-likeness (QED) is 0.851. The minimum Gasteiger partial charge on any atom is -0.459 e. The fraction of sp³-hybridized carbons (Fsp3) is 0.462. The van der Waals surface area contributed by atoms with Crippen LogP contribution < -0.4 is 0 Å². The molecule has 1 atom stereocenters. The Bertz CT molecular complexity index is 680. The van der Waals surface area contributed by atoms with E-state index in [9.17, 15) is 13.6 Å². The van der Waals surface area contributed by atoms with Gasteiger partial charge in [0, 0.05) is 12.0 Å². The summed E-state index contributed by atoms with van der Waals surface area (Å²) in [6.45, 7) is 2.57. The van der Waals surface area contributed by atoms with Crippen molar-refractivity contribution in [2.24, 2.45) is 0 Å². The number of nitrogens with zero attached hydrogens (tertiary/aromatic N) is 3. The predicted octanol–water partition coefficient (Wildman–Crippen LogP) is 2.50. The number of alkyl halides is 2. The summed E-state index contributed by atoms with van der Waals surface area (Å²) in [4.78, 5) is 17.4. The van der Waals surface area contributed by atoms with Gasteiger partial charge in [0.1, 0.15) is 6.04 Å². The topological polar surface area (TPSA) is 72.4 Å². The zero-order valence-corrected chi connectivity index (χ0v) is 11.5. The monoisotopic (exact) mass is 297 g/mol. The van der Waals surface area contributed by atoms with Gasteiger partial charge >= 0.3 is 0 Å². The third kappa shape index (κ3) is 2.41. The highest BCUT2D eigenvalue weighted by molar-refractivity contribution is 5.93. The van der Waals surface area contributed by atoms with Gasteiger partial charge in [-0.2, -0.15) is 4.98 Å². The normalized spacial score (nSPS) is 21.0. The Morgan fingerprint density at radius 1 is 1.48 bits per heavy atom. The molecule has 2 aromatic heterocycles. The lowest BCUT2D eigenvalue weighted by atomic mass is 10.2. The van der Waals surface area contributed by atoms with Crippen molar-refractivity contribution in [3.8, 4) is 0 Å².